The zero-order valence-electron chi connectivity index (χ0n) is 9.35. The fraction of sp³-hybridized carbons (Fsp3) is 0.600. The van der Waals surface area contributed by atoms with Gasteiger partial charge >= 0.3 is 11.9 Å². The first-order chi connectivity index (χ1) is 8.19. The molecule has 0 fully saturated rings. The number of carbonyl (C=O) groups is 2. The number of aliphatic hydroxyl groups excluding tert-OH is 2. The summed E-state index contributed by atoms with van der Waals surface area (Å²) in [5.41, 5.74) is 0.653. The lowest BCUT2D eigenvalue weighted by Crippen LogP contribution is -2.70. The molecule has 1 aliphatic carbocycles. The van der Waals surface area contributed by atoms with Crippen LogP contribution < -0.4 is 5.73 Å². The predicted molar refractivity (Wildman–Crippen MR) is 57.5 cm³/mol. The minimum absolute atomic E-state index is 0.184. The maximum absolute atomic E-state index is 11.1. The van der Waals surface area contributed by atoms with E-state index in [-0.39, 0.29) is 13.0 Å². The van der Waals surface area contributed by atoms with Crippen LogP contribution in [0.15, 0.2) is 12.2 Å². The number of nitrogens with two attached hydrogens (primary N) is 1. The SMILES string of the molecule is N[C@@]1(C(O)(C(=O)O)C(O)C(=O)O)C=C[C@@H](CO)C1. The summed E-state index contributed by atoms with van der Waals surface area (Å²) in [5.74, 6) is -4.34. The molecule has 0 spiro atoms. The largest absolute Gasteiger partial charge is 0.479 e. The Morgan fingerprint density at radius 2 is 2.06 bits per heavy atom. The summed E-state index contributed by atoms with van der Waals surface area (Å²) >= 11 is 0. The lowest BCUT2D eigenvalue weighted by molar-refractivity contribution is -0.192. The average Bonchev–Trinajstić information content (AvgIpc) is 2.70. The molecule has 8 heteroatoms. The number of carboxylic acid groups (broad SMARTS) is 2. The van der Waals surface area contributed by atoms with Crippen molar-refractivity contribution in [2.24, 2.45) is 11.7 Å². The minimum atomic E-state index is -3.07. The van der Waals surface area contributed by atoms with Crippen LogP contribution >= 0.6 is 0 Å². The molecule has 0 bridgehead atoms. The Kier molecular flexibility index (Phi) is 3.77. The highest BCUT2D eigenvalue weighted by atomic mass is 16.4. The molecule has 0 radical (unpaired) electrons. The van der Waals surface area contributed by atoms with Crippen LogP contribution in [-0.2, 0) is 9.59 Å². The molecule has 2 unspecified atom stereocenters. The smallest absolute Gasteiger partial charge is 0.341 e. The van der Waals surface area contributed by atoms with Gasteiger partial charge in [0, 0.05) is 12.5 Å². The third kappa shape index (κ3) is 1.99. The van der Waals surface area contributed by atoms with Gasteiger partial charge in [0.1, 0.15) is 0 Å². The average molecular weight is 261 g/mol. The third-order valence-corrected chi connectivity index (χ3v) is 3.17. The number of aliphatic hydroxyl groups is 3. The van der Waals surface area contributed by atoms with Crippen LogP contribution in [0.3, 0.4) is 0 Å². The van der Waals surface area contributed by atoms with E-state index in [9.17, 15) is 19.8 Å². The van der Waals surface area contributed by atoms with Crippen molar-refractivity contribution in [2.75, 3.05) is 6.61 Å². The highest BCUT2D eigenvalue weighted by Crippen LogP contribution is 2.36. The third-order valence-electron chi connectivity index (χ3n) is 3.17. The Bertz CT molecular complexity index is 396. The van der Waals surface area contributed by atoms with Crippen molar-refractivity contribution in [3.8, 4) is 0 Å². The molecule has 0 saturated heterocycles. The number of rotatable bonds is 5. The molecule has 0 heterocycles. The van der Waals surface area contributed by atoms with E-state index < -0.39 is 35.1 Å². The number of hydrogen-bond acceptors (Lipinski definition) is 6. The van der Waals surface area contributed by atoms with Crippen LogP contribution in [0.25, 0.3) is 0 Å². The molecule has 0 amide bonds. The minimum Gasteiger partial charge on any atom is -0.479 e. The van der Waals surface area contributed by atoms with E-state index in [1.807, 2.05) is 0 Å². The molecule has 1 aliphatic rings. The van der Waals surface area contributed by atoms with Crippen molar-refractivity contribution < 1.29 is 35.1 Å². The van der Waals surface area contributed by atoms with E-state index in [1.165, 1.54) is 6.08 Å². The normalized spacial score (nSPS) is 31.9. The van der Waals surface area contributed by atoms with E-state index in [1.54, 1.807) is 0 Å². The van der Waals surface area contributed by atoms with Gasteiger partial charge in [-0.1, -0.05) is 12.2 Å². The Balaban J connectivity index is 3.18. The fourth-order valence-electron chi connectivity index (χ4n) is 2.04. The molecule has 8 nitrogen and oxygen atoms in total. The van der Waals surface area contributed by atoms with Crippen LogP contribution in [0.4, 0.5) is 0 Å². The van der Waals surface area contributed by atoms with Crippen LogP contribution in [0.2, 0.25) is 0 Å². The second kappa shape index (κ2) is 4.65. The van der Waals surface area contributed by atoms with Gasteiger partial charge in [-0.3, -0.25) is 0 Å². The molecule has 1 rings (SSSR count). The summed E-state index contributed by atoms with van der Waals surface area (Å²) in [6.07, 6.45) is -0.282. The summed E-state index contributed by atoms with van der Waals surface area (Å²) in [4.78, 5) is 21.8. The van der Waals surface area contributed by atoms with Gasteiger partial charge in [-0.15, -0.1) is 0 Å². The highest BCUT2D eigenvalue weighted by molar-refractivity contribution is 5.89. The maximum Gasteiger partial charge on any atom is 0.341 e. The Morgan fingerprint density at radius 3 is 2.39 bits per heavy atom. The van der Waals surface area contributed by atoms with Crippen molar-refractivity contribution in [1.82, 2.24) is 0 Å². The van der Waals surface area contributed by atoms with Gasteiger partial charge in [0.25, 0.3) is 0 Å². The topological polar surface area (TPSA) is 161 Å². The second-order valence-electron chi connectivity index (χ2n) is 4.36. The zero-order chi connectivity index (χ0) is 14.1. The zero-order valence-corrected chi connectivity index (χ0v) is 9.35. The van der Waals surface area contributed by atoms with E-state index in [2.05, 4.69) is 0 Å². The first kappa shape index (κ1) is 14.6. The molecular weight excluding hydrogens is 246 g/mol. The molecule has 7 N–H and O–H groups in total. The van der Waals surface area contributed by atoms with E-state index in [0.29, 0.717) is 0 Å². The summed E-state index contributed by atoms with van der Waals surface area (Å²) in [6.45, 7) is -0.325. The van der Waals surface area contributed by atoms with Crippen molar-refractivity contribution in [2.45, 2.75) is 23.7 Å². The summed E-state index contributed by atoms with van der Waals surface area (Å²) in [6, 6.07) is 0. The van der Waals surface area contributed by atoms with Crippen LogP contribution in [0.5, 0.6) is 0 Å². The lowest BCUT2D eigenvalue weighted by Gasteiger charge is -2.39. The second-order valence-corrected chi connectivity index (χ2v) is 4.36. The van der Waals surface area contributed by atoms with E-state index >= 15 is 0 Å². The fourth-order valence-corrected chi connectivity index (χ4v) is 2.04. The Labute approximate surface area is 102 Å². The van der Waals surface area contributed by atoms with Crippen molar-refractivity contribution in [1.29, 1.82) is 0 Å². The molecule has 18 heavy (non-hydrogen) atoms. The van der Waals surface area contributed by atoms with E-state index in [4.69, 9.17) is 21.1 Å². The predicted octanol–water partition coefficient (Wildman–Crippen LogP) is -2.49. The van der Waals surface area contributed by atoms with Crippen LogP contribution in [-0.4, -0.2) is 61.3 Å². The van der Waals surface area contributed by atoms with Crippen LogP contribution in [0.1, 0.15) is 6.42 Å². The van der Waals surface area contributed by atoms with Crippen LogP contribution in [0, 0.1) is 5.92 Å². The summed E-state index contributed by atoms with van der Waals surface area (Å²) in [5, 5.41) is 46.0. The molecular formula is C10H15NO7. The molecule has 0 aromatic rings. The molecule has 0 aromatic carbocycles. The number of hydrogen-bond donors (Lipinski definition) is 6. The molecule has 102 valence electrons. The lowest BCUT2D eigenvalue weighted by atomic mass is 9.75. The van der Waals surface area contributed by atoms with Crippen molar-refractivity contribution in [3.05, 3.63) is 12.2 Å². The van der Waals surface area contributed by atoms with Gasteiger partial charge in [0.05, 0.1) is 5.54 Å². The first-order valence-electron chi connectivity index (χ1n) is 5.14. The van der Waals surface area contributed by atoms with E-state index in [0.717, 1.165) is 6.08 Å². The van der Waals surface area contributed by atoms with Gasteiger partial charge in [-0.2, -0.15) is 0 Å². The number of aliphatic carboxylic acids is 2. The monoisotopic (exact) mass is 261 g/mol. The van der Waals surface area contributed by atoms with Crippen molar-refractivity contribution >= 4 is 11.9 Å². The standard InChI is InChI=1S/C10H15NO7/c11-9(2-1-5(3-9)4-12)10(18,8(16)17)6(13)7(14)15/h1-2,5-6,12-13,18H,3-4,11H2,(H,14,15)(H,16,17)/t5-,6?,9+,10?/m1/s1. The highest BCUT2D eigenvalue weighted by Gasteiger charge is 2.61. The molecule has 0 saturated carbocycles. The van der Waals surface area contributed by atoms with Gasteiger partial charge in [0.2, 0.25) is 5.60 Å². The van der Waals surface area contributed by atoms with Gasteiger partial charge in [-0.05, 0) is 6.42 Å². The number of carboxylic acids is 2. The molecule has 4 atom stereocenters. The van der Waals surface area contributed by atoms with Gasteiger partial charge in [0.15, 0.2) is 6.10 Å². The maximum atomic E-state index is 11.1. The van der Waals surface area contributed by atoms with Crippen molar-refractivity contribution in [3.63, 3.8) is 0 Å². The quantitative estimate of drug-likeness (QED) is 0.296. The Morgan fingerprint density at radius 1 is 1.50 bits per heavy atom. The molecule has 0 aromatic heterocycles. The molecule has 0 aliphatic heterocycles. The summed E-state index contributed by atoms with van der Waals surface area (Å²) in [7, 11) is 0. The van der Waals surface area contributed by atoms with Gasteiger partial charge < -0.3 is 31.3 Å². The summed E-state index contributed by atoms with van der Waals surface area (Å²) < 4.78 is 0. The first-order valence-corrected chi connectivity index (χ1v) is 5.14. The van der Waals surface area contributed by atoms with Gasteiger partial charge in [-0.25, -0.2) is 9.59 Å². The Hall–Kier alpha value is -1.48.